The molecule has 0 heterocycles. The minimum atomic E-state index is 0.238. The van der Waals surface area contributed by atoms with E-state index in [-0.39, 0.29) is 5.92 Å². The average molecular weight is 313 g/mol. The Bertz CT molecular complexity index is 608. The van der Waals surface area contributed by atoms with E-state index in [1.54, 1.807) is 7.11 Å². The molecule has 3 nitrogen and oxygen atoms in total. The lowest BCUT2D eigenvalue weighted by atomic mass is 9.93. The summed E-state index contributed by atoms with van der Waals surface area (Å²) in [5.74, 6) is 2.05. The van der Waals surface area contributed by atoms with Crippen LogP contribution in [0.2, 0.25) is 0 Å². The van der Waals surface area contributed by atoms with Gasteiger partial charge in [0.25, 0.3) is 0 Å². The van der Waals surface area contributed by atoms with Gasteiger partial charge in [0, 0.05) is 5.92 Å². The summed E-state index contributed by atoms with van der Waals surface area (Å²) < 4.78 is 11.4. The smallest absolute Gasteiger partial charge is 0.122 e. The zero-order valence-electron chi connectivity index (χ0n) is 14.3. The fourth-order valence-electron chi connectivity index (χ4n) is 2.68. The van der Waals surface area contributed by atoms with Crippen molar-refractivity contribution < 1.29 is 9.47 Å². The molecule has 0 spiro atoms. The second-order valence-electron chi connectivity index (χ2n) is 5.81. The van der Waals surface area contributed by atoms with E-state index in [9.17, 15) is 0 Å². The van der Waals surface area contributed by atoms with Crippen molar-refractivity contribution in [3.8, 4) is 11.5 Å². The lowest BCUT2D eigenvalue weighted by molar-refractivity contribution is 0.296. The maximum atomic E-state index is 6.01. The zero-order chi connectivity index (χ0) is 16.7. The quantitative estimate of drug-likeness (QED) is 0.798. The predicted molar refractivity (Wildman–Crippen MR) is 95.5 cm³/mol. The molecule has 0 aliphatic rings. The molecule has 0 aliphatic carbocycles. The molecule has 0 saturated carbocycles. The molecule has 2 aromatic rings. The van der Waals surface area contributed by atoms with Crippen LogP contribution in [0.1, 0.15) is 36.0 Å². The summed E-state index contributed by atoms with van der Waals surface area (Å²) in [6.45, 7) is 5.45. The average Bonchev–Trinajstić information content (AvgIpc) is 2.60. The van der Waals surface area contributed by atoms with Crippen molar-refractivity contribution in [3.63, 3.8) is 0 Å². The van der Waals surface area contributed by atoms with Crippen LogP contribution in [-0.2, 0) is 6.42 Å². The highest BCUT2D eigenvalue weighted by atomic mass is 16.5. The Morgan fingerprint density at radius 3 is 2.43 bits per heavy atom. The van der Waals surface area contributed by atoms with Gasteiger partial charge in [-0.05, 0) is 55.6 Å². The molecule has 0 saturated heterocycles. The molecule has 1 atom stereocenters. The SMILES string of the molecule is CCc1ccc(OC)c(C(CN)CCOc2ccc(C)cc2)c1. The van der Waals surface area contributed by atoms with Crippen molar-refractivity contribution in [2.45, 2.75) is 32.6 Å². The van der Waals surface area contributed by atoms with Crippen LogP contribution in [0.5, 0.6) is 11.5 Å². The third-order valence-corrected chi connectivity index (χ3v) is 4.18. The van der Waals surface area contributed by atoms with Gasteiger partial charge in [-0.25, -0.2) is 0 Å². The molecule has 2 N–H and O–H groups in total. The largest absolute Gasteiger partial charge is 0.496 e. The van der Waals surface area contributed by atoms with E-state index in [0.717, 1.165) is 24.3 Å². The molecule has 0 aliphatic heterocycles. The molecule has 124 valence electrons. The molecule has 2 aromatic carbocycles. The Morgan fingerprint density at radius 1 is 1.09 bits per heavy atom. The van der Waals surface area contributed by atoms with E-state index < -0.39 is 0 Å². The topological polar surface area (TPSA) is 44.5 Å². The summed E-state index contributed by atoms with van der Waals surface area (Å²) in [4.78, 5) is 0. The molecule has 1 unspecified atom stereocenters. The number of nitrogens with two attached hydrogens (primary N) is 1. The fraction of sp³-hybridized carbons (Fsp3) is 0.400. The minimum absolute atomic E-state index is 0.238. The Hall–Kier alpha value is -2.00. The van der Waals surface area contributed by atoms with Crippen LogP contribution in [0.15, 0.2) is 42.5 Å². The van der Waals surface area contributed by atoms with Gasteiger partial charge >= 0.3 is 0 Å². The number of benzene rings is 2. The van der Waals surface area contributed by atoms with Crippen LogP contribution >= 0.6 is 0 Å². The first kappa shape index (κ1) is 17.4. The molecule has 23 heavy (non-hydrogen) atoms. The van der Waals surface area contributed by atoms with Crippen LogP contribution in [-0.4, -0.2) is 20.3 Å². The summed E-state index contributed by atoms with van der Waals surface area (Å²) in [5.41, 5.74) is 9.73. The Kier molecular flexibility index (Phi) is 6.48. The number of hydrogen-bond acceptors (Lipinski definition) is 3. The fourth-order valence-corrected chi connectivity index (χ4v) is 2.68. The van der Waals surface area contributed by atoms with Crippen molar-refractivity contribution in [3.05, 3.63) is 59.2 Å². The molecular weight excluding hydrogens is 286 g/mol. The molecule has 3 heteroatoms. The van der Waals surface area contributed by atoms with Gasteiger partial charge in [-0.1, -0.05) is 36.8 Å². The summed E-state index contributed by atoms with van der Waals surface area (Å²) in [5, 5.41) is 0. The molecule has 0 radical (unpaired) electrons. The highest BCUT2D eigenvalue weighted by Gasteiger charge is 2.15. The van der Waals surface area contributed by atoms with Crippen molar-refractivity contribution in [1.29, 1.82) is 0 Å². The molecule has 0 bridgehead atoms. The second-order valence-corrected chi connectivity index (χ2v) is 5.81. The minimum Gasteiger partial charge on any atom is -0.496 e. The number of methoxy groups -OCH3 is 1. The molecule has 0 aromatic heterocycles. The first-order chi connectivity index (χ1) is 11.2. The van der Waals surface area contributed by atoms with E-state index in [2.05, 4.69) is 38.1 Å². The van der Waals surface area contributed by atoms with Crippen LogP contribution in [0.3, 0.4) is 0 Å². The highest BCUT2D eigenvalue weighted by molar-refractivity contribution is 5.40. The second kappa shape index (κ2) is 8.59. The summed E-state index contributed by atoms with van der Waals surface area (Å²) in [6.07, 6.45) is 1.88. The summed E-state index contributed by atoms with van der Waals surface area (Å²) in [6, 6.07) is 14.5. The molecular formula is C20H27NO2. The van der Waals surface area contributed by atoms with Crippen molar-refractivity contribution in [2.24, 2.45) is 5.73 Å². The predicted octanol–water partition coefficient (Wildman–Crippen LogP) is 4.08. The Balaban J connectivity index is 2.03. The van der Waals surface area contributed by atoms with E-state index in [1.165, 1.54) is 16.7 Å². The van der Waals surface area contributed by atoms with Crippen molar-refractivity contribution in [1.82, 2.24) is 0 Å². The van der Waals surface area contributed by atoms with Gasteiger partial charge in [-0.3, -0.25) is 0 Å². The number of ether oxygens (including phenoxy) is 2. The third-order valence-electron chi connectivity index (χ3n) is 4.18. The highest BCUT2D eigenvalue weighted by Crippen LogP contribution is 2.30. The number of aryl methyl sites for hydroxylation is 2. The van der Waals surface area contributed by atoms with Crippen LogP contribution < -0.4 is 15.2 Å². The monoisotopic (exact) mass is 313 g/mol. The first-order valence-electron chi connectivity index (χ1n) is 8.24. The summed E-state index contributed by atoms with van der Waals surface area (Å²) >= 11 is 0. The standard InChI is InChI=1S/C20H27NO2/c1-4-16-7-10-20(22-3)19(13-16)17(14-21)11-12-23-18-8-5-15(2)6-9-18/h5-10,13,17H,4,11-12,14,21H2,1-3H3. The lowest BCUT2D eigenvalue weighted by Crippen LogP contribution is -2.16. The maximum absolute atomic E-state index is 6.01. The maximum Gasteiger partial charge on any atom is 0.122 e. The van der Waals surface area contributed by atoms with Gasteiger partial charge in [0.1, 0.15) is 11.5 Å². The summed E-state index contributed by atoms with van der Waals surface area (Å²) in [7, 11) is 1.71. The van der Waals surface area contributed by atoms with Crippen LogP contribution in [0, 0.1) is 6.92 Å². The van der Waals surface area contributed by atoms with Crippen molar-refractivity contribution in [2.75, 3.05) is 20.3 Å². The van der Waals surface area contributed by atoms with E-state index in [4.69, 9.17) is 15.2 Å². The molecule has 0 amide bonds. The van der Waals surface area contributed by atoms with Gasteiger partial charge in [0.15, 0.2) is 0 Å². The van der Waals surface area contributed by atoms with Gasteiger partial charge in [0.05, 0.1) is 13.7 Å². The van der Waals surface area contributed by atoms with Crippen LogP contribution in [0.4, 0.5) is 0 Å². The Labute approximate surface area is 139 Å². The number of hydrogen-bond donors (Lipinski definition) is 1. The van der Waals surface area contributed by atoms with Gasteiger partial charge in [-0.15, -0.1) is 0 Å². The zero-order valence-corrected chi connectivity index (χ0v) is 14.3. The van der Waals surface area contributed by atoms with Gasteiger partial charge in [0.2, 0.25) is 0 Å². The van der Waals surface area contributed by atoms with Crippen molar-refractivity contribution >= 4 is 0 Å². The van der Waals surface area contributed by atoms with E-state index >= 15 is 0 Å². The van der Waals surface area contributed by atoms with Crippen LogP contribution in [0.25, 0.3) is 0 Å². The first-order valence-corrected chi connectivity index (χ1v) is 8.24. The molecule has 2 rings (SSSR count). The molecule has 0 fully saturated rings. The Morgan fingerprint density at radius 2 is 1.83 bits per heavy atom. The van der Waals surface area contributed by atoms with Gasteiger partial charge in [-0.2, -0.15) is 0 Å². The lowest BCUT2D eigenvalue weighted by Gasteiger charge is -2.19. The number of rotatable bonds is 8. The normalized spacial score (nSPS) is 12.0. The van der Waals surface area contributed by atoms with E-state index in [1.807, 2.05) is 18.2 Å². The van der Waals surface area contributed by atoms with Gasteiger partial charge < -0.3 is 15.2 Å². The third kappa shape index (κ3) is 4.73. The van der Waals surface area contributed by atoms with E-state index in [0.29, 0.717) is 13.2 Å².